The molecule has 2 unspecified atom stereocenters. The van der Waals surface area contributed by atoms with E-state index in [1.165, 1.54) is 26.0 Å². The van der Waals surface area contributed by atoms with Gasteiger partial charge in [-0.15, -0.1) is 0 Å². The van der Waals surface area contributed by atoms with E-state index in [0.717, 1.165) is 0 Å². The highest BCUT2D eigenvalue weighted by molar-refractivity contribution is 5.85. The van der Waals surface area contributed by atoms with Crippen molar-refractivity contribution >= 4 is 17.8 Å². The first-order valence-electron chi connectivity index (χ1n) is 5.65. The second-order valence-electron chi connectivity index (χ2n) is 4.20. The predicted molar refractivity (Wildman–Crippen MR) is 63.5 cm³/mol. The highest BCUT2D eigenvalue weighted by Crippen LogP contribution is 2.12. The van der Waals surface area contributed by atoms with Gasteiger partial charge in [0.25, 0.3) is 0 Å². The van der Waals surface area contributed by atoms with E-state index in [9.17, 15) is 14.4 Å². The van der Waals surface area contributed by atoms with Crippen molar-refractivity contribution < 1.29 is 29.0 Å². The molecule has 0 fully saturated rings. The molecule has 0 spiro atoms. The number of carbonyl (C=O) groups is 3. The summed E-state index contributed by atoms with van der Waals surface area (Å²) in [5.74, 6) is -4.07. The van der Waals surface area contributed by atoms with Crippen LogP contribution in [0.3, 0.4) is 0 Å². The molecule has 0 aliphatic carbocycles. The van der Waals surface area contributed by atoms with Gasteiger partial charge in [-0.2, -0.15) is 0 Å². The summed E-state index contributed by atoms with van der Waals surface area (Å²) in [5.41, 5.74) is 0. The maximum Gasteiger partial charge on any atom is 0.371 e. The van der Waals surface area contributed by atoms with Gasteiger partial charge in [-0.05, 0) is 12.1 Å². The van der Waals surface area contributed by atoms with E-state index in [2.05, 4.69) is 5.32 Å². The van der Waals surface area contributed by atoms with Crippen molar-refractivity contribution in [2.45, 2.75) is 20.4 Å². The van der Waals surface area contributed by atoms with Crippen LogP contribution < -0.4 is 5.32 Å². The smallest absolute Gasteiger partial charge is 0.371 e. The van der Waals surface area contributed by atoms with Crippen LogP contribution in [-0.4, -0.2) is 28.1 Å². The number of rotatable bonds is 6. The summed E-state index contributed by atoms with van der Waals surface area (Å²) in [5, 5.41) is 19.9. The Morgan fingerprint density at radius 3 is 2.32 bits per heavy atom. The number of nitrogens with one attached hydrogen (secondary N) is 1. The van der Waals surface area contributed by atoms with Gasteiger partial charge in [-0.1, -0.05) is 13.8 Å². The normalized spacial score (nSPS) is 13.6. The fourth-order valence-corrected chi connectivity index (χ4v) is 1.36. The maximum atomic E-state index is 11.7. The summed E-state index contributed by atoms with van der Waals surface area (Å²) in [6.45, 7) is 2.98. The lowest BCUT2D eigenvalue weighted by molar-refractivity contribution is -0.146. The average molecular weight is 269 g/mol. The van der Waals surface area contributed by atoms with Crippen molar-refractivity contribution in [1.29, 1.82) is 0 Å². The van der Waals surface area contributed by atoms with Gasteiger partial charge in [-0.25, -0.2) is 4.79 Å². The largest absolute Gasteiger partial charge is 0.481 e. The average Bonchev–Trinajstić information content (AvgIpc) is 2.82. The fourth-order valence-electron chi connectivity index (χ4n) is 1.36. The van der Waals surface area contributed by atoms with Gasteiger partial charge >= 0.3 is 11.9 Å². The van der Waals surface area contributed by atoms with Crippen LogP contribution in [0.25, 0.3) is 0 Å². The lowest BCUT2D eigenvalue weighted by Crippen LogP contribution is -2.34. The van der Waals surface area contributed by atoms with Crippen LogP contribution in [0.2, 0.25) is 0 Å². The van der Waals surface area contributed by atoms with E-state index in [-0.39, 0.29) is 12.3 Å². The van der Waals surface area contributed by atoms with Crippen LogP contribution in [0.4, 0.5) is 0 Å². The molecule has 1 rings (SSSR count). The standard InChI is InChI=1S/C12H15NO6/c1-6(7(2)11(15)16)10(14)13-5-8-3-4-9(19-8)12(17)18/h3-4,6-7H,5H2,1-2H3,(H,13,14)(H,15,16)(H,17,18). The molecule has 0 radical (unpaired) electrons. The summed E-state index contributed by atoms with van der Waals surface area (Å²) in [7, 11) is 0. The van der Waals surface area contributed by atoms with Crippen LogP contribution >= 0.6 is 0 Å². The second-order valence-corrected chi connectivity index (χ2v) is 4.20. The van der Waals surface area contributed by atoms with Crippen LogP contribution in [0.1, 0.15) is 30.2 Å². The molecule has 1 amide bonds. The Kier molecular flexibility index (Phi) is 4.68. The Bertz CT molecular complexity index is 492. The minimum absolute atomic E-state index is 0.0167. The van der Waals surface area contributed by atoms with Crippen molar-refractivity contribution in [3.05, 3.63) is 23.7 Å². The van der Waals surface area contributed by atoms with Gasteiger partial charge in [0.15, 0.2) is 0 Å². The third kappa shape index (κ3) is 3.84. The molecular weight excluding hydrogens is 254 g/mol. The third-order valence-corrected chi connectivity index (χ3v) is 2.86. The molecule has 19 heavy (non-hydrogen) atoms. The van der Waals surface area contributed by atoms with Gasteiger partial charge in [-0.3, -0.25) is 9.59 Å². The first-order chi connectivity index (χ1) is 8.82. The molecule has 2 atom stereocenters. The highest BCUT2D eigenvalue weighted by atomic mass is 16.4. The SMILES string of the molecule is CC(C(=O)O)C(C)C(=O)NCc1ccc(C(=O)O)o1. The second kappa shape index (κ2) is 6.03. The summed E-state index contributed by atoms with van der Waals surface area (Å²) >= 11 is 0. The zero-order chi connectivity index (χ0) is 14.6. The molecule has 1 heterocycles. The Labute approximate surface area is 109 Å². The van der Waals surface area contributed by atoms with Crippen molar-refractivity contribution in [2.75, 3.05) is 0 Å². The number of carbonyl (C=O) groups excluding carboxylic acids is 1. The number of carboxylic acid groups (broad SMARTS) is 2. The number of furan rings is 1. The summed E-state index contributed by atoms with van der Waals surface area (Å²) in [4.78, 5) is 33.0. The van der Waals surface area contributed by atoms with Gasteiger partial charge < -0.3 is 19.9 Å². The molecule has 7 nitrogen and oxygen atoms in total. The van der Waals surface area contributed by atoms with E-state index < -0.39 is 29.7 Å². The lowest BCUT2D eigenvalue weighted by Gasteiger charge is -2.15. The topological polar surface area (TPSA) is 117 Å². The number of hydrogen-bond acceptors (Lipinski definition) is 4. The number of aromatic carboxylic acids is 1. The number of carboxylic acids is 2. The molecule has 7 heteroatoms. The fraction of sp³-hybridized carbons (Fsp3) is 0.417. The molecule has 104 valence electrons. The van der Waals surface area contributed by atoms with Crippen LogP contribution in [0.5, 0.6) is 0 Å². The van der Waals surface area contributed by atoms with E-state index in [0.29, 0.717) is 5.76 Å². The van der Waals surface area contributed by atoms with Crippen molar-refractivity contribution in [2.24, 2.45) is 11.8 Å². The molecule has 1 aromatic heterocycles. The van der Waals surface area contributed by atoms with Gasteiger partial charge in [0.05, 0.1) is 12.5 Å². The molecule has 3 N–H and O–H groups in total. The van der Waals surface area contributed by atoms with E-state index >= 15 is 0 Å². The number of aliphatic carboxylic acids is 1. The summed E-state index contributed by atoms with van der Waals surface area (Å²) in [6, 6.07) is 2.72. The molecular formula is C12H15NO6. The van der Waals surface area contributed by atoms with E-state index in [1.54, 1.807) is 0 Å². The monoisotopic (exact) mass is 269 g/mol. The number of amides is 1. The molecule has 0 saturated heterocycles. The van der Waals surface area contributed by atoms with Crippen LogP contribution in [-0.2, 0) is 16.1 Å². The van der Waals surface area contributed by atoms with Gasteiger partial charge in [0.1, 0.15) is 5.76 Å². The predicted octanol–water partition coefficient (Wildman–Crippen LogP) is 0.951. The maximum absolute atomic E-state index is 11.7. The molecule has 0 aliphatic heterocycles. The first-order valence-corrected chi connectivity index (χ1v) is 5.65. The zero-order valence-corrected chi connectivity index (χ0v) is 10.5. The minimum Gasteiger partial charge on any atom is -0.481 e. The Morgan fingerprint density at radius 2 is 1.84 bits per heavy atom. The summed E-state index contributed by atoms with van der Waals surface area (Å²) in [6.07, 6.45) is 0. The van der Waals surface area contributed by atoms with Gasteiger partial charge in [0, 0.05) is 5.92 Å². The van der Waals surface area contributed by atoms with Gasteiger partial charge in [0.2, 0.25) is 11.7 Å². The lowest BCUT2D eigenvalue weighted by atomic mass is 9.95. The van der Waals surface area contributed by atoms with Crippen molar-refractivity contribution in [3.63, 3.8) is 0 Å². The minimum atomic E-state index is -1.19. The summed E-state index contributed by atoms with van der Waals surface area (Å²) < 4.78 is 4.95. The van der Waals surface area contributed by atoms with Crippen LogP contribution in [0.15, 0.2) is 16.5 Å². The number of hydrogen-bond donors (Lipinski definition) is 3. The molecule has 0 aromatic carbocycles. The molecule has 0 aliphatic rings. The van der Waals surface area contributed by atoms with Crippen molar-refractivity contribution in [3.8, 4) is 0 Å². The van der Waals surface area contributed by atoms with Crippen molar-refractivity contribution in [1.82, 2.24) is 5.32 Å². The quantitative estimate of drug-likeness (QED) is 0.707. The van der Waals surface area contributed by atoms with E-state index in [1.807, 2.05) is 0 Å². The highest BCUT2D eigenvalue weighted by Gasteiger charge is 2.25. The Morgan fingerprint density at radius 1 is 1.21 bits per heavy atom. The Hall–Kier alpha value is -2.31. The van der Waals surface area contributed by atoms with Crippen LogP contribution in [0, 0.1) is 11.8 Å². The molecule has 1 aromatic rings. The molecule has 0 saturated carbocycles. The van der Waals surface area contributed by atoms with E-state index in [4.69, 9.17) is 14.6 Å². The first kappa shape index (κ1) is 14.7. The Balaban J connectivity index is 2.54. The third-order valence-electron chi connectivity index (χ3n) is 2.86. The molecule has 0 bridgehead atoms. The zero-order valence-electron chi connectivity index (χ0n) is 10.5.